The van der Waals surface area contributed by atoms with Crippen LogP contribution in [-0.4, -0.2) is 28.8 Å². The monoisotopic (exact) mass is 289 g/mol. The number of carboxylic acids is 1. The first-order valence-corrected chi connectivity index (χ1v) is 6.81. The molecule has 0 spiro atoms. The number of furan rings is 1. The second-order valence-electron chi connectivity index (χ2n) is 4.95. The zero-order valence-electron chi connectivity index (χ0n) is 11.9. The highest BCUT2D eigenvalue weighted by Gasteiger charge is 2.14. The number of aliphatic hydroxyl groups is 1. The molecule has 1 aromatic carbocycles. The van der Waals surface area contributed by atoms with Gasteiger partial charge in [0.2, 0.25) is 5.76 Å². The van der Waals surface area contributed by atoms with Crippen molar-refractivity contribution in [3.63, 3.8) is 0 Å². The van der Waals surface area contributed by atoms with Gasteiger partial charge in [-0.3, -0.25) is 0 Å². The van der Waals surface area contributed by atoms with Crippen LogP contribution < -0.4 is 5.32 Å². The Balaban J connectivity index is 1.95. The number of aliphatic hydroxyl groups excluding tert-OH is 1. The summed E-state index contributed by atoms with van der Waals surface area (Å²) in [5.41, 5.74) is 1.93. The summed E-state index contributed by atoms with van der Waals surface area (Å²) in [6.45, 7) is 2.20. The van der Waals surface area contributed by atoms with Gasteiger partial charge in [0.05, 0.1) is 6.61 Å². The fourth-order valence-corrected chi connectivity index (χ4v) is 2.15. The van der Waals surface area contributed by atoms with Crippen molar-refractivity contribution >= 4 is 5.97 Å². The highest BCUT2D eigenvalue weighted by molar-refractivity contribution is 5.84. The summed E-state index contributed by atoms with van der Waals surface area (Å²) in [6.07, 6.45) is 0.708. The Hall–Kier alpha value is -2.11. The molecule has 1 aromatic heterocycles. The molecular weight excluding hydrogens is 270 g/mol. The third-order valence-electron chi connectivity index (χ3n) is 3.36. The molecule has 1 unspecified atom stereocenters. The van der Waals surface area contributed by atoms with Crippen molar-refractivity contribution in [1.29, 1.82) is 0 Å². The van der Waals surface area contributed by atoms with E-state index >= 15 is 0 Å². The minimum Gasteiger partial charge on any atom is -0.475 e. The van der Waals surface area contributed by atoms with E-state index in [1.54, 1.807) is 6.92 Å². The van der Waals surface area contributed by atoms with E-state index in [-0.39, 0.29) is 18.4 Å². The zero-order chi connectivity index (χ0) is 15.2. The van der Waals surface area contributed by atoms with Crippen LogP contribution in [0.5, 0.6) is 0 Å². The van der Waals surface area contributed by atoms with E-state index in [2.05, 4.69) is 5.32 Å². The molecule has 1 heterocycles. The molecule has 3 N–H and O–H groups in total. The molecule has 0 amide bonds. The van der Waals surface area contributed by atoms with Gasteiger partial charge in [0.1, 0.15) is 5.76 Å². The Morgan fingerprint density at radius 1 is 1.33 bits per heavy atom. The van der Waals surface area contributed by atoms with Crippen LogP contribution in [0.1, 0.15) is 27.4 Å². The number of benzene rings is 1. The topological polar surface area (TPSA) is 82.7 Å². The second kappa shape index (κ2) is 7.06. The van der Waals surface area contributed by atoms with Crippen molar-refractivity contribution < 1.29 is 19.4 Å². The van der Waals surface area contributed by atoms with Crippen molar-refractivity contribution in [2.45, 2.75) is 25.9 Å². The minimum atomic E-state index is -1.08. The number of hydrogen-bond donors (Lipinski definition) is 3. The summed E-state index contributed by atoms with van der Waals surface area (Å²) >= 11 is 0. The minimum absolute atomic E-state index is 0.0115. The van der Waals surface area contributed by atoms with Crippen LogP contribution in [0.15, 0.2) is 40.8 Å². The quantitative estimate of drug-likeness (QED) is 0.726. The highest BCUT2D eigenvalue weighted by Crippen LogP contribution is 2.15. The van der Waals surface area contributed by atoms with Crippen molar-refractivity contribution in [2.24, 2.45) is 0 Å². The van der Waals surface area contributed by atoms with Gasteiger partial charge < -0.3 is 19.9 Å². The largest absolute Gasteiger partial charge is 0.475 e. The number of rotatable bonds is 7. The number of nitrogens with one attached hydrogen (secondary N) is 1. The van der Waals surface area contributed by atoms with Crippen LogP contribution in [-0.2, 0) is 13.0 Å². The van der Waals surface area contributed by atoms with E-state index in [4.69, 9.17) is 9.52 Å². The Morgan fingerprint density at radius 3 is 2.62 bits per heavy atom. The molecule has 0 aliphatic carbocycles. The smallest absolute Gasteiger partial charge is 0.371 e. The number of hydrogen-bond acceptors (Lipinski definition) is 4. The summed E-state index contributed by atoms with van der Waals surface area (Å²) in [5, 5.41) is 21.6. The number of aryl methyl sites for hydroxylation is 1. The van der Waals surface area contributed by atoms with Gasteiger partial charge in [-0.1, -0.05) is 30.3 Å². The summed E-state index contributed by atoms with van der Waals surface area (Å²) < 4.78 is 5.16. The Morgan fingerprint density at radius 2 is 2.05 bits per heavy atom. The molecule has 5 heteroatoms. The molecule has 112 valence electrons. The van der Waals surface area contributed by atoms with Crippen LogP contribution in [0.25, 0.3) is 0 Å². The molecule has 0 saturated heterocycles. The zero-order valence-corrected chi connectivity index (χ0v) is 11.9. The number of carbonyl (C=O) groups is 1. The molecule has 2 aromatic rings. The molecule has 0 fully saturated rings. The average molecular weight is 289 g/mol. The first-order chi connectivity index (χ1) is 10.1. The second-order valence-corrected chi connectivity index (χ2v) is 4.95. The average Bonchev–Trinajstić information content (AvgIpc) is 2.86. The lowest BCUT2D eigenvalue weighted by Gasteiger charge is -2.16. The molecule has 5 nitrogen and oxygen atoms in total. The Kier molecular flexibility index (Phi) is 5.14. The standard InChI is InChI=1S/C16H19NO4/c1-11-13(8-15(21-11)16(19)20)9-17-14(10-18)7-12-5-3-2-4-6-12/h2-6,8,14,17-18H,7,9-10H2,1H3,(H,19,20). The predicted octanol–water partition coefficient (Wildman–Crippen LogP) is 1.98. The van der Waals surface area contributed by atoms with Gasteiger partial charge >= 0.3 is 5.97 Å². The van der Waals surface area contributed by atoms with Crippen molar-refractivity contribution in [3.8, 4) is 0 Å². The van der Waals surface area contributed by atoms with Crippen LogP contribution in [0.2, 0.25) is 0 Å². The molecule has 21 heavy (non-hydrogen) atoms. The third kappa shape index (κ3) is 4.18. The van der Waals surface area contributed by atoms with E-state index in [1.165, 1.54) is 6.07 Å². The van der Waals surface area contributed by atoms with Gasteiger partial charge in [-0.15, -0.1) is 0 Å². The molecule has 0 saturated carbocycles. The molecule has 0 bridgehead atoms. The molecule has 0 aliphatic heterocycles. The van der Waals surface area contributed by atoms with Crippen molar-refractivity contribution in [3.05, 3.63) is 59.0 Å². The molecule has 0 radical (unpaired) electrons. The Bertz CT molecular complexity index is 592. The number of carboxylic acid groups (broad SMARTS) is 1. The van der Waals surface area contributed by atoms with E-state index in [0.717, 1.165) is 11.1 Å². The van der Waals surface area contributed by atoms with Crippen LogP contribution in [0.4, 0.5) is 0 Å². The molecule has 2 rings (SSSR count). The maximum atomic E-state index is 10.8. The van der Waals surface area contributed by atoms with Gasteiger partial charge in [0.25, 0.3) is 0 Å². The normalized spacial score (nSPS) is 12.3. The van der Waals surface area contributed by atoms with Gasteiger partial charge in [-0.05, 0) is 25.0 Å². The molecule has 1 atom stereocenters. The number of aromatic carboxylic acids is 1. The summed E-state index contributed by atoms with van der Waals surface area (Å²) in [6, 6.07) is 11.3. The molecule has 0 aliphatic rings. The molecular formula is C16H19NO4. The Labute approximate surface area is 123 Å². The van der Waals surface area contributed by atoms with Crippen molar-refractivity contribution in [1.82, 2.24) is 5.32 Å². The maximum absolute atomic E-state index is 10.8. The summed E-state index contributed by atoms with van der Waals surface area (Å²) in [7, 11) is 0. The maximum Gasteiger partial charge on any atom is 0.371 e. The van der Waals surface area contributed by atoms with E-state index in [1.807, 2.05) is 30.3 Å². The SMILES string of the molecule is Cc1oc(C(=O)O)cc1CNC(CO)Cc1ccccc1. The first kappa shape index (κ1) is 15.3. The fraction of sp³-hybridized carbons (Fsp3) is 0.312. The van der Waals surface area contributed by atoms with Gasteiger partial charge in [0, 0.05) is 18.2 Å². The van der Waals surface area contributed by atoms with Gasteiger partial charge in [-0.25, -0.2) is 4.79 Å². The summed E-state index contributed by atoms with van der Waals surface area (Å²) in [5.74, 6) is -0.559. The van der Waals surface area contributed by atoms with Crippen LogP contribution >= 0.6 is 0 Å². The fourth-order valence-electron chi connectivity index (χ4n) is 2.15. The third-order valence-corrected chi connectivity index (χ3v) is 3.36. The lowest BCUT2D eigenvalue weighted by molar-refractivity contribution is 0.0661. The van der Waals surface area contributed by atoms with E-state index in [0.29, 0.717) is 18.7 Å². The predicted molar refractivity (Wildman–Crippen MR) is 78.3 cm³/mol. The highest BCUT2D eigenvalue weighted by atomic mass is 16.4. The van der Waals surface area contributed by atoms with Gasteiger partial charge in [-0.2, -0.15) is 0 Å². The van der Waals surface area contributed by atoms with Gasteiger partial charge in [0.15, 0.2) is 0 Å². The van der Waals surface area contributed by atoms with E-state index in [9.17, 15) is 9.90 Å². The lowest BCUT2D eigenvalue weighted by Crippen LogP contribution is -2.34. The van der Waals surface area contributed by atoms with Crippen LogP contribution in [0.3, 0.4) is 0 Å². The van der Waals surface area contributed by atoms with Crippen molar-refractivity contribution in [2.75, 3.05) is 6.61 Å². The first-order valence-electron chi connectivity index (χ1n) is 6.81. The lowest BCUT2D eigenvalue weighted by atomic mass is 10.1. The van der Waals surface area contributed by atoms with E-state index < -0.39 is 5.97 Å². The van der Waals surface area contributed by atoms with Crippen LogP contribution in [0, 0.1) is 6.92 Å². The summed E-state index contributed by atoms with van der Waals surface area (Å²) in [4.78, 5) is 10.8.